The summed E-state index contributed by atoms with van der Waals surface area (Å²) >= 11 is 0. The van der Waals surface area contributed by atoms with Gasteiger partial charge in [0.1, 0.15) is 6.23 Å². The Morgan fingerprint density at radius 1 is 1.35 bits per heavy atom. The van der Waals surface area contributed by atoms with E-state index < -0.39 is 0 Å². The molecule has 4 heterocycles. The van der Waals surface area contributed by atoms with E-state index in [1.54, 1.807) is 6.33 Å². The lowest BCUT2D eigenvalue weighted by Gasteiger charge is -2.19. The summed E-state index contributed by atoms with van der Waals surface area (Å²) in [6.45, 7) is 4.09. The zero-order valence-electron chi connectivity index (χ0n) is 13.2. The first-order valence-corrected chi connectivity index (χ1v) is 8.18. The summed E-state index contributed by atoms with van der Waals surface area (Å²) in [5.74, 6) is 1.34. The van der Waals surface area contributed by atoms with Gasteiger partial charge in [0.25, 0.3) is 0 Å². The Morgan fingerprint density at radius 2 is 2.13 bits per heavy atom. The standard InChI is InChI=1S/C15H22N6O2/c1-9-6-10(7-22)23-14(9)21-8-17-11-12(20-4-2-3-5-20)18-15(16)19-13(11)21/h8-10,14,22H,2-7H2,1H3,(H2,16,18,19)/t9-,10-,14+/m0/s1. The van der Waals surface area contributed by atoms with Gasteiger partial charge in [-0.2, -0.15) is 9.97 Å². The fraction of sp³-hybridized carbons (Fsp3) is 0.667. The maximum absolute atomic E-state index is 9.34. The van der Waals surface area contributed by atoms with Gasteiger partial charge in [0, 0.05) is 19.0 Å². The van der Waals surface area contributed by atoms with E-state index in [1.165, 1.54) is 0 Å². The number of nitrogens with two attached hydrogens (primary N) is 1. The molecule has 3 atom stereocenters. The first-order chi connectivity index (χ1) is 11.2. The van der Waals surface area contributed by atoms with Crippen LogP contribution in [0.4, 0.5) is 11.8 Å². The summed E-state index contributed by atoms with van der Waals surface area (Å²) in [7, 11) is 0. The van der Waals surface area contributed by atoms with Gasteiger partial charge >= 0.3 is 0 Å². The topological polar surface area (TPSA) is 102 Å². The molecule has 23 heavy (non-hydrogen) atoms. The molecule has 4 rings (SSSR count). The highest BCUT2D eigenvalue weighted by atomic mass is 16.5. The van der Waals surface area contributed by atoms with Crippen LogP contribution >= 0.6 is 0 Å². The molecule has 0 saturated carbocycles. The van der Waals surface area contributed by atoms with Crippen molar-refractivity contribution in [3.8, 4) is 0 Å². The molecular formula is C15H22N6O2. The number of aliphatic hydroxyl groups is 1. The monoisotopic (exact) mass is 318 g/mol. The van der Waals surface area contributed by atoms with Gasteiger partial charge in [0.15, 0.2) is 17.0 Å². The molecule has 0 aliphatic carbocycles. The molecule has 0 amide bonds. The third-order valence-corrected chi connectivity index (χ3v) is 4.76. The molecule has 0 bridgehead atoms. The van der Waals surface area contributed by atoms with E-state index in [1.807, 2.05) is 4.57 Å². The van der Waals surface area contributed by atoms with E-state index in [4.69, 9.17) is 10.5 Å². The lowest BCUT2D eigenvalue weighted by atomic mass is 10.1. The first kappa shape index (κ1) is 14.6. The van der Waals surface area contributed by atoms with Gasteiger partial charge in [0.05, 0.1) is 19.0 Å². The van der Waals surface area contributed by atoms with Crippen molar-refractivity contribution in [3.63, 3.8) is 0 Å². The minimum atomic E-state index is -0.183. The number of imidazole rings is 1. The van der Waals surface area contributed by atoms with Crippen LogP contribution < -0.4 is 10.6 Å². The molecule has 0 radical (unpaired) electrons. The quantitative estimate of drug-likeness (QED) is 0.867. The lowest BCUT2D eigenvalue weighted by molar-refractivity contribution is -0.0294. The number of ether oxygens (including phenoxy) is 1. The number of nitrogens with zero attached hydrogens (tertiary/aromatic N) is 5. The van der Waals surface area contributed by atoms with Crippen molar-refractivity contribution in [1.82, 2.24) is 19.5 Å². The smallest absolute Gasteiger partial charge is 0.224 e. The average molecular weight is 318 g/mol. The molecule has 0 aromatic carbocycles. The van der Waals surface area contributed by atoms with Crippen LogP contribution in [0.15, 0.2) is 6.33 Å². The van der Waals surface area contributed by atoms with Crippen molar-refractivity contribution >= 4 is 22.9 Å². The third kappa shape index (κ3) is 2.42. The molecule has 2 aromatic rings. The van der Waals surface area contributed by atoms with E-state index in [9.17, 15) is 5.11 Å². The predicted octanol–water partition coefficient (Wildman–Crippen LogP) is 0.925. The van der Waals surface area contributed by atoms with E-state index in [-0.39, 0.29) is 30.8 Å². The molecule has 2 aliphatic heterocycles. The van der Waals surface area contributed by atoms with Crippen molar-refractivity contribution in [3.05, 3.63) is 6.33 Å². The maximum Gasteiger partial charge on any atom is 0.224 e. The van der Waals surface area contributed by atoms with Crippen molar-refractivity contribution in [2.75, 3.05) is 30.3 Å². The number of fused-ring (bicyclic) bond motifs is 1. The van der Waals surface area contributed by atoms with Crippen molar-refractivity contribution in [1.29, 1.82) is 0 Å². The molecule has 0 spiro atoms. The van der Waals surface area contributed by atoms with Crippen LogP contribution in [-0.4, -0.2) is 50.4 Å². The molecule has 8 heteroatoms. The van der Waals surface area contributed by atoms with Gasteiger partial charge in [0.2, 0.25) is 5.95 Å². The fourth-order valence-electron chi connectivity index (χ4n) is 3.63. The Balaban J connectivity index is 1.77. The minimum absolute atomic E-state index is 0.0314. The molecule has 3 N–H and O–H groups in total. The van der Waals surface area contributed by atoms with Gasteiger partial charge in [-0.15, -0.1) is 0 Å². The van der Waals surface area contributed by atoms with Crippen molar-refractivity contribution in [2.24, 2.45) is 5.92 Å². The number of rotatable bonds is 3. The molecule has 2 fully saturated rings. The van der Waals surface area contributed by atoms with Crippen LogP contribution in [0, 0.1) is 5.92 Å². The van der Waals surface area contributed by atoms with Crippen LogP contribution in [0.3, 0.4) is 0 Å². The molecule has 2 aromatic heterocycles. The predicted molar refractivity (Wildman–Crippen MR) is 86.0 cm³/mol. The molecular weight excluding hydrogens is 296 g/mol. The highest BCUT2D eigenvalue weighted by molar-refractivity contribution is 5.85. The summed E-state index contributed by atoms with van der Waals surface area (Å²) in [6, 6.07) is 0. The molecule has 0 unspecified atom stereocenters. The van der Waals surface area contributed by atoms with E-state index in [0.717, 1.165) is 43.7 Å². The lowest BCUT2D eigenvalue weighted by Crippen LogP contribution is -2.21. The SMILES string of the molecule is C[C@H]1C[C@@H](CO)O[C@H]1n1cnc2c(N3CCCC3)nc(N)nc21. The van der Waals surface area contributed by atoms with Gasteiger partial charge < -0.3 is 20.5 Å². The number of aliphatic hydroxyl groups excluding tert-OH is 1. The van der Waals surface area contributed by atoms with Crippen molar-refractivity contribution < 1.29 is 9.84 Å². The first-order valence-electron chi connectivity index (χ1n) is 8.18. The van der Waals surface area contributed by atoms with Crippen LogP contribution in [-0.2, 0) is 4.74 Å². The summed E-state index contributed by atoms with van der Waals surface area (Å²) in [5.41, 5.74) is 7.41. The van der Waals surface area contributed by atoms with E-state index in [0.29, 0.717) is 5.65 Å². The number of hydrogen-bond acceptors (Lipinski definition) is 7. The molecule has 2 saturated heterocycles. The highest BCUT2D eigenvalue weighted by Gasteiger charge is 2.34. The minimum Gasteiger partial charge on any atom is -0.394 e. The second-order valence-electron chi connectivity index (χ2n) is 6.47. The van der Waals surface area contributed by atoms with Crippen molar-refractivity contribution in [2.45, 2.75) is 38.5 Å². The van der Waals surface area contributed by atoms with Crippen LogP contribution in [0.2, 0.25) is 0 Å². The van der Waals surface area contributed by atoms with Gasteiger partial charge in [-0.05, 0) is 19.3 Å². The summed E-state index contributed by atoms with van der Waals surface area (Å²) in [6.07, 6.45) is 4.57. The Labute approximate surface area is 134 Å². The molecule has 2 aliphatic rings. The highest BCUT2D eigenvalue weighted by Crippen LogP contribution is 2.36. The Hall–Kier alpha value is -1.93. The fourth-order valence-corrected chi connectivity index (χ4v) is 3.63. The third-order valence-electron chi connectivity index (χ3n) is 4.76. The van der Waals surface area contributed by atoms with Crippen LogP contribution in [0.25, 0.3) is 11.2 Å². The number of aromatic nitrogens is 4. The zero-order valence-corrected chi connectivity index (χ0v) is 13.2. The van der Waals surface area contributed by atoms with Crippen LogP contribution in [0.5, 0.6) is 0 Å². The van der Waals surface area contributed by atoms with E-state index in [2.05, 4.69) is 26.8 Å². The average Bonchev–Trinajstić information content (AvgIpc) is 3.25. The Kier molecular flexibility index (Phi) is 3.57. The van der Waals surface area contributed by atoms with Gasteiger partial charge in [-0.1, -0.05) is 6.92 Å². The van der Waals surface area contributed by atoms with Gasteiger partial charge in [-0.3, -0.25) is 4.57 Å². The second-order valence-corrected chi connectivity index (χ2v) is 6.47. The number of hydrogen-bond donors (Lipinski definition) is 2. The molecule has 124 valence electrons. The zero-order chi connectivity index (χ0) is 16.0. The maximum atomic E-state index is 9.34. The Morgan fingerprint density at radius 3 is 2.83 bits per heavy atom. The summed E-state index contributed by atoms with van der Waals surface area (Å²) in [4.78, 5) is 15.6. The normalized spacial score (nSPS) is 28.1. The summed E-state index contributed by atoms with van der Waals surface area (Å²) in [5, 5.41) is 9.34. The Bertz CT molecular complexity index is 711. The van der Waals surface area contributed by atoms with Crippen LogP contribution in [0.1, 0.15) is 32.4 Å². The molecule has 8 nitrogen and oxygen atoms in total. The second kappa shape index (κ2) is 5.61. The largest absolute Gasteiger partial charge is 0.394 e. The summed E-state index contributed by atoms with van der Waals surface area (Å²) < 4.78 is 7.86. The van der Waals surface area contributed by atoms with Gasteiger partial charge in [-0.25, -0.2) is 4.98 Å². The number of anilines is 2. The number of nitrogen functional groups attached to an aromatic ring is 1. The van der Waals surface area contributed by atoms with E-state index >= 15 is 0 Å².